The highest BCUT2D eigenvalue weighted by Crippen LogP contribution is 2.04. The summed E-state index contributed by atoms with van der Waals surface area (Å²) in [6.45, 7) is 0. The van der Waals surface area contributed by atoms with E-state index in [0.29, 0.717) is 0 Å². The fraction of sp³-hybridized carbons (Fsp3) is 0. The number of hydrogen-bond donors (Lipinski definition) is 0. The van der Waals surface area contributed by atoms with E-state index in [1.807, 2.05) is 0 Å². The van der Waals surface area contributed by atoms with Crippen LogP contribution in [0.1, 0.15) is 0 Å². The Bertz CT molecular complexity index is 214. The molecule has 0 saturated heterocycles. The van der Waals surface area contributed by atoms with E-state index in [2.05, 4.69) is 9.78 Å². The Morgan fingerprint density at radius 2 is 2.30 bits per heavy atom. The van der Waals surface area contributed by atoms with Gasteiger partial charge >= 0.3 is 0 Å². The molecule has 0 unspecified atom stereocenters. The quantitative estimate of drug-likeness (QED) is 0.310. The van der Waals surface area contributed by atoms with Gasteiger partial charge in [-0.15, -0.1) is 0 Å². The largest absolute Gasteiger partial charge is 0.299 e. The third-order valence-electron chi connectivity index (χ3n) is 0.925. The van der Waals surface area contributed by atoms with Crippen LogP contribution in [-0.2, 0) is 19.4 Å². The summed E-state index contributed by atoms with van der Waals surface area (Å²) in [5, 5.41) is 0. The summed E-state index contributed by atoms with van der Waals surface area (Å²) in [7, 11) is 0. The third-order valence-corrected chi connectivity index (χ3v) is 0.925. The summed E-state index contributed by atoms with van der Waals surface area (Å²) in [5.74, 6) is -0.625. The first-order valence-corrected chi connectivity index (χ1v) is 2.53. The lowest BCUT2D eigenvalue weighted by molar-refractivity contribution is -0.199. The van der Waals surface area contributed by atoms with Crippen LogP contribution in [-0.4, -0.2) is 12.1 Å². The summed E-state index contributed by atoms with van der Waals surface area (Å²) in [6, 6.07) is 0. The van der Waals surface area contributed by atoms with Gasteiger partial charge in [0.05, 0.1) is 5.57 Å². The Kier molecular flexibility index (Phi) is 1.84. The molecule has 0 N–H and O–H groups in total. The van der Waals surface area contributed by atoms with Gasteiger partial charge in [0.25, 0.3) is 0 Å². The topological polar surface area (TPSA) is 52.6 Å². The molecule has 0 aliphatic carbocycles. The van der Waals surface area contributed by atoms with Crippen molar-refractivity contribution in [3.8, 4) is 0 Å². The summed E-state index contributed by atoms with van der Waals surface area (Å²) in [4.78, 5) is 29.0. The molecule has 0 spiro atoms. The van der Waals surface area contributed by atoms with Gasteiger partial charge in [0.2, 0.25) is 5.78 Å². The first kappa shape index (κ1) is 6.54. The standard InChI is InChI=1S/C6H4O4/c7-3-6(8)5-1-2-9-10-4-5/h1-4H. The molecule has 0 radical (unpaired) electrons. The van der Waals surface area contributed by atoms with Crippen molar-refractivity contribution >= 4 is 12.1 Å². The number of carbonyl (C=O) groups excluding carboxylic acids is 2. The number of carbonyl (C=O) groups is 2. The SMILES string of the molecule is O=CC(=O)C1=COOC=C1. The van der Waals surface area contributed by atoms with Crippen molar-refractivity contribution in [2.24, 2.45) is 0 Å². The van der Waals surface area contributed by atoms with Crippen molar-refractivity contribution < 1.29 is 19.4 Å². The number of Topliss-reactive ketones (excluding diaryl/α,β-unsaturated/α-hetero) is 1. The molecular formula is C6H4O4. The maximum absolute atomic E-state index is 10.5. The zero-order valence-corrected chi connectivity index (χ0v) is 4.94. The predicted octanol–water partition coefficient (Wildman–Crippen LogP) is 0.114. The van der Waals surface area contributed by atoms with Gasteiger partial charge in [0.15, 0.2) is 12.5 Å². The van der Waals surface area contributed by atoms with Crippen LogP contribution in [0.3, 0.4) is 0 Å². The number of hydrogen-bond acceptors (Lipinski definition) is 4. The van der Waals surface area contributed by atoms with E-state index in [4.69, 9.17) is 0 Å². The van der Waals surface area contributed by atoms with Crippen LogP contribution >= 0.6 is 0 Å². The molecule has 0 aromatic carbocycles. The van der Waals surface area contributed by atoms with Crippen molar-refractivity contribution in [2.75, 3.05) is 0 Å². The van der Waals surface area contributed by atoms with Gasteiger partial charge in [-0.3, -0.25) is 19.4 Å². The Labute approximate surface area is 56.7 Å². The first-order chi connectivity index (χ1) is 4.84. The lowest BCUT2D eigenvalue weighted by Gasteiger charge is -2.01. The van der Waals surface area contributed by atoms with Gasteiger partial charge in [-0.1, -0.05) is 0 Å². The van der Waals surface area contributed by atoms with E-state index < -0.39 is 5.78 Å². The van der Waals surface area contributed by atoms with E-state index in [1.165, 1.54) is 12.3 Å². The molecule has 0 aromatic rings. The van der Waals surface area contributed by atoms with Crippen LogP contribution in [0.5, 0.6) is 0 Å². The maximum atomic E-state index is 10.5. The van der Waals surface area contributed by atoms with Gasteiger partial charge < -0.3 is 0 Å². The molecule has 10 heavy (non-hydrogen) atoms. The molecule has 0 fully saturated rings. The predicted molar refractivity (Wildman–Crippen MR) is 30.5 cm³/mol. The average Bonchev–Trinajstić information content (AvgIpc) is 2.05. The molecule has 4 heteroatoms. The zero-order chi connectivity index (χ0) is 7.40. The maximum Gasteiger partial charge on any atom is 0.228 e. The lowest BCUT2D eigenvalue weighted by atomic mass is 10.2. The smallest absolute Gasteiger partial charge is 0.228 e. The zero-order valence-electron chi connectivity index (χ0n) is 4.94. The van der Waals surface area contributed by atoms with Crippen LogP contribution < -0.4 is 0 Å². The summed E-state index contributed by atoms with van der Waals surface area (Å²) < 4.78 is 0. The monoisotopic (exact) mass is 140 g/mol. The van der Waals surface area contributed by atoms with Crippen molar-refractivity contribution in [3.63, 3.8) is 0 Å². The second-order valence-electron chi connectivity index (χ2n) is 1.55. The van der Waals surface area contributed by atoms with Crippen LogP contribution in [0.2, 0.25) is 0 Å². The van der Waals surface area contributed by atoms with Crippen LogP contribution in [0.4, 0.5) is 0 Å². The second-order valence-corrected chi connectivity index (χ2v) is 1.55. The molecule has 0 amide bonds. The van der Waals surface area contributed by atoms with E-state index in [-0.39, 0.29) is 11.9 Å². The number of aldehydes is 1. The summed E-state index contributed by atoms with van der Waals surface area (Å²) in [5.41, 5.74) is 0.182. The molecule has 1 rings (SSSR count). The minimum absolute atomic E-state index is 0.182. The normalized spacial score (nSPS) is 14.6. The molecule has 0 saturated carbocycles. The molecule has 0 atom stereocenters. The first-order valence-electron chi connectivity index (χ1n) is 2.53. The number of allylic oxidation sites excluding steroid dienone is 2. The molecule has 0 aromatic heterocycles. The molecule has 1 aliphatic heterocycles. The third kappa shape index (κ3) is 1.22. The van der Waals surface area contributed by atoms with Gasteiger partial charge in [-0.2, -0.15) is 0 Å². The van der Waals surface area contributed by atoms with Gasteiger partial charge in [-0.25, -0.2) is 0 Å². The Morgan fingerprint density at radius 3 is 2.80 bits per heavy atom. The fourth-order valence-electron chi connectivity index (χ4n) is 0.460. The molecule has 1 heterocycles. The van der Waals surface area contributed by atoms with Crippen LogP contribution in [0.25, 0.3) is 0 Å². The molecule has 0 bridgehead atoms. The van der Waals surface area contributed by atoms with E-state index in [9.17, 15) is 9.59 Å². The van der Waals surface area contributed by atoms with E-state index in [0.717, 1.165) is 6.26 Å². The van der Waals surface area contributed by atoms with Crippen molar-refractivity contribution in [1.82, 2.24) is 0 Å². The molecular weight excluding hydrogens is 136 g/mol. The minimum atomic E-state index is -0.625. The highest BCUT2D eigenvalue weighted by molar-refractivity contribution is 6.33. The van der Waals surface area contributed by atoms with E-state index >= 15 is 0 Å². The number of ketones is 1. The molecule has 1 aliphatic rings. The minimum Gasteiger partial charge on any atom is -0.299 e. The molecule has 52 valence electrons. The average molecular weight is 140 g/mol. The van der Waals surface area contributed by atoms with Crippen molar-refractivity contribution in [2.45, 2.75) is 0 Å². The summed E-state index contributed by atoms with van der Waals surface area (Å²) in [6.07, 6.45) is 3.80. The van der Waals surface area contributed by atoms with Gasteiger partial charge in [0.1, 0.15) is 6.26 Å². The van der Waals surface area contributed by atoms with Crippen molar-refractivity contribution in [1.29, 1.82) is 0 Å². The second kappa shape index (κ2) is 2.82. The highest BCUT2D eigenvalue weighted by Gasteiger charge is 2.07. The lowest BCUT2D eigenvalue weighted by Crippen LogP contribution is -2.04. The Balaban J connectivity index is 2.72. The van der Waals surface area contributed by atoms with Crippen molar-refractivity contribution in [3.05, 3.63) is 24.2 Å². The van der Waals surface area contributed by atoms with Gasteiger partial charge in [-0.05, 0) is 6.08 Å². The highest BCUT2D eigenvalue weighted by atomic mass is 17.2. The van der Waals surface area contributed by atoms with Crippen LogP contribution in [0, 0.1) is 0 Å². The van der Waals surface area contributed by atoms with E-state index in [1.54, 1.807) is 0 Å². The number of rotatable bonds is 2. The Morgan fingerprint density at radius 1 is 1.50 bits per heavy atom. The molecule has 4 nitrogen and oxygen atoms in total. The van der Waals surface area contributed by atoms with Crippen LogP contribution in [0.15, 0.2) is 24.2 Å². The summed E-state index contributed by atoms with van der Waals surface area (Å²) >= 11 is 0. The van der Waals surface area contributed by atoms with Gasteiger partial charge in [0, 0.05) is 0 Å². The Hall–Kier alpha value is -1.58. The fourth-order valence-corrected chi connectivity index (χ4v) is 0.460.